The van der Waals surface area contributed by atoms with Crippen LogP contribution in [0, 0.1) is 0 Å². The number of aryl methyl sites for hydroxylation is 1. The van der Waals surface area contributed by atoms with E-state index in [0.29, 0.717) is 6.54 Å². The molecule has 3 N–H and O–H groups in total. The third-order valence-corrected chi connectivity index (χ3v) is 4.07. The highest BCUT2D eigenvalue weighted by Crippen LogP contribution is 2.21. The average Bonchev–Trinajstić information content (AvgIpc) is 2.92. The first-order valence-electron chi connectivity index (χ1n) is 7.73. The largest absolute Gasteiger partial charge is 0.337 e. The van der Waals surface area contributed by atoms with E-state index in [1.807, 2.05) is 18.5 Å². The Balaban J connectivity index is 0. The molecule has 2 rings (SSSR count). The van der Waals surface area contributed by atoms with E-state index in [2.05, 4.69) is 47.0 Å². The molecule has 144 valence electrons. The van der Waals surface area contributed by atoms with Gasteiger partial charge < -0.3 is 15.6 Å². The van der Waals surface area contributed by atoms with E-state index < -0.39 is 0 Å². The number of aromatic nitrogens is 2. The Morgan fingerprint density at radius 1 is 1.16 bits per heavy atom. The molecule has 1 aromatic heterocycles. The number of benzene rings is 1. The Labute approximate surface area is 174 Å². The maximum atomic E-state index is 5.94. The quantitative estimate of drug-likeness (QED) is 0.617. The van der Waals surface area contributed by atoms with Gasteiger partial charge in [-0.1, -0.05) is 23.7 Å². The van der Waals surface area contributed by atoms with Gasteiger partial charge in [-0.3, -0.25) is 0 Å². The van der Waals surface area contributed by atoms with Gasteiger partial charge in [0.25, 0.3) is 0 Å². The van der Waals surface area contributed by atoms with Crippen molar-refractivity contribution < 1.29 is 0 Å². The smallest absolute Gasteiger partial charge is 0.0949 e. The van der Waals surface area contributed by atoms with Crippen LogP contribution in [-0.2, 0) is 18.5 Å². The zero-order chi connectivity index (χ0) is 16.0. The van der Waals surface area contributed by atoms with E-state index in [1.54, 1.807) is 0 Å². The molecule has 0 amide bonds. The minimum absolute atomic E-state index is 0. The summed E-state index contributed by atoms with van der Waals surface area (Å²) >= 11 is 5.94. The molecule has 0 aliphatic carbocycles. The van der Waals surface area contributed by atoms with Crippen molar-refractivity contribution in [2.45, 2.75) is 38.8 Å². The van der Waals surface area contributed by atoms with E-state index in [1.165, 1.54) is 5.56 Å². The Morgan fingerprint density at radius 2 is 1.80 bits per heavy atom. The van der Waals surface area contributed by atoms with Gasteiger partial charge in [0.1, 0.15) is 0 Å². The zero-order valence-corrected chi connectivity index (χ0v) is 17.8. The molecule has 0 saturated heterocycles. The van der Waals surface area contributed by atoms with Gasteiger partial charge in [0.15, 0.2) is 0 Å². The fraction of sp³-hybridized carbons (Fsp3) is 0.471. The Bertz CT molecular complexity index is 585. The lowest BCUT2D eigenvalue weighted by molar-refractivity contribution is 0.393. The molecule has 25 heavy (non-hydrogen) atoms. The number of nitrogens with one attached hydrogen (secondary N) is 1. The molecule has 0 unspecified atom stereocenters. The van der Waals surface area contributed by atoms with Gasteiger partial charge in [-0.15, -0.1) is 37.2 Å². The van der Waals surface area contributed by atoms with Gasteiger partial charge in [-0.25, -0.2) is 4.98 Å². The molecule has 0 aliphatic rings. The van der Waals surface area contributed by atoms with Crippen LogP contribution in [0.4, 0.5) is 0 Å². The maximum Gasteiger partial charge on any atom is 0.0949 e. The van der Waals surface area contributed by atoms with Crippen molar-refractivity contribution in [3.63, 3.8) is 0 Å². The third kappa shape index (κ3) is 8.63. The highest BCUT2D eigenvalue weighted by molar-refractivity contribution is 6.30. The molecule has 4 nitrogen and oxygen atoms in total. The summed E-state index contributed by atoms with van der Waals surface area (Å²) < 4.78 is 2.13. The molecule has 0 spiro atoms. The average molecular weight is 430 g/mol. The number of nitrogens with zero attached hydrogens (tertiary/aromatic N) is 2. The van der Waals surface area contributed by atoms with E-state index in [9.17, 15) is 0 Å². The number of nitrogens with two attached hydrogens (primary N) is 1. The lowest BCUT2D eigenvalue weighted by atomic mass is 9.94. The molecule has 0 radical (unpaired) electrons. The van der Waals surface area contributed by atoms with Crippen molar-refractivity contribution in [1.82, 2.24) is 14.9 Å². The van der Waals surface area contributed by atoms with Crippen molar-refractivity contribution in [2.75, 3.05) is 13.1 Å². The second-order valence-electron chi connectivity index (χ2n) is 6.05. The summed E-state index contributed by atoms with van der Waals surface area (Å²) in [6.07, 6.45) is 5.86. The Kier molecular flexibility index (Phi) is 13.7. The molecule has 0 fully saturated rings. The van der Waals surface area contributed by atoms with Gasteiger partial charge >= 0.3 is 0 Å². The second-order valence-corrected chi connectivity index (χ2v) is 6.49. The summed E-state index contributed by atoms with van der Waals surface area (Å²) in [7, 11) is 0. The van der Waals surface area contributed by atoms with Crippen LogP contribution in [0.15, 0.2) is 36.8 Å². The van der Waals surface area contributed by atoms with Crippen LogP contribution in [0.1, 0.15) is 31.5 Å². The third-order valence-electron chi connectivity index (χ3n) is 3.81. The van der Waals surface area contributed by atoms with Gasteiger partial charge in [0, 0.05) is 29.7 Å². The van der Waals surface area contributed by atoms with Crippen molar-refractivity contribution in [3.05, 3.63) is 53.1 Å². The molecule has 0 bridgehead atoms. The van der Waals surface area contributed by atoms with Gasteiger partial charge in [-0.05, 0) is 51.1 Å². The Hall–Kier alpha value is -0.490. The highest BCUT2D eigenvalue weighted by atomic mass is 35.5. The molecule has 1 aromatic carbocycles. The molecule has 0 aliphatic heterocycles. The summed E-state index contributed by atoms with van der Waals surface area (Å²) in [6.45, 7) is 6.93. The van der Waals surface area contributed by atoms with Crippen molar-refractivity contribution in [2.24, 2.45) is 5.73 Å². The predicted molar refractivity (Wildman–Crippen MR) is 114 cm³/mol. The number of imidazole rings is 1. The van der Waals surface area contributed by atoms with Crippen molar-refractivity contribution >= 4 is 48.8 Å². The fourth-order valence-corrected chi connectivity index (χ4v) is 2.56. The molecule has 2 aromatic rings. The predicted octanol–water partition coefficient (Wildman–Crippen LogP) is 4.22. The summed E-state index contributed by atoms with van der Waals surface area (Å²) in [5.74, 6) is 0. The summed E-state index contributed by atoms with van der Waals surface area (Å²) in [6, 6.07) is 8.02. The van der Waals surface area contributed by atoms with Crippen molar-refractivity contribution in [3.8, 4) is 0 Å². The first-order valence-corrected chi connectivity index (χ1v) is 8.11. The van der Waals surface area contributed by atoms with Crippen LogP contribution in [0.25, 0.3) is 0 Å². The van der Waals surface area contributed by atoms with Crippen LogP contribution in [0.2, 0.25) is 5.02 Å². The first-order chi connectivity index (χ1) is 10.5. The van der Waals surface area contributed by atoms with Crippen molar-refractivity contribution in [1.29, 1.82) is 0 Å². The molecular formula is C17H28Cl4N4. The fourth-order valence-electron chi connectivity index (χ4n) is 2.44. The summed E-state index contributed by atoms with van der Waals surface area (Å²) in [5, 5.41) is 4.37. The molecule has 0 saturated carbocycles. The first kappa shape index (κ1) is 26.7. The number of hydrogen-bond acceptors (Lipinski definition) is 3. The highest BCUT2D eigenvalue weighted by Gasteiger charge is 2.18. The lowest BCUT2D eigenvalue weighted by Gasteiger charge is -2.27. The minimum atomic E-state index is -0.0652. The van der Waals surface area contributed by atoms with Crippen LogP contribution in [0.5, 0.6) is 0 Å². The normalized spacial score (nSPS) is 10.4. The number of halogens is 4. The maximum absolute atomic E-state index is 5.94. The van der Waals surface area contributed by atoms with Crippen LogP contribution in [-0.4, -0.2) is 22.6 Å². The summed E-state index contributed by atoms with van der Waals surface area (Å²) in [4.78, 5) is 4.34. The van der Waals surface area contributed by atoms with E-state index in [0.717, 1.165) is 36.6 Å². The van der Waals surface area contributed by atoms with Crippen LogP contribution >= 0.6 is 48.8 Å². The van der Waals surface area contributed by atoms with E-state index in [4.69, 9.17) is 17.3 Å². The number of hydrogen-bond donors (Lipinski definition) is 2. The van der Waals surface area contributed by atoms with Gasteiger partial charge in [0.2, 0.25) is 0 Å². The molecular weight excluding hydrogens is 402 g/mol. The molecule has 8 heteroatoms. The van der Waals surface area contributed by atoms with Gasteiger partial charge in [-0.2, -0.15) is 0 Å². The Morgan fingerprint density at radius 3 is 2.40 bits per heavy atom. The summed E-state index contributed by atoms with van der Waals surface area (Å²) in [5.41, 5.74) is 7.78. The monoisotopic (exact) mass is 428 g/mol. The van der Waals surface area contributed by atoms with Gasteiger partial charge in [0.05, 0.1) is 12.0 Å². The lowest BCUT2D eigenvalue weighted by Crippen LogP contribution is -2.37. The molecule has 1 heterocycles. The minimum Gasteiger partial charge on any atom is -0.337 e. The van der Waals surface area contributed by atoms with E-state index >= 15 is 0 Å². The van der Waals surface area contributed by atoms with E-state index in [-0.39, 0.29) is 42.8 Å². The second kappa shape index (κ2) is 12.8. The molecule has 0 atom stereocenters. The topological polar surface area (TPSA) is 55.9 Å². The van der Waals surface area contributed by atoms with Crippen LogP contribution < -0.4 is 11.1 Å². The SMILES string of the molecule is CC(C)(NCCCn1cnc(CCN)c1)c1ccc(Cl)cc1.Cl.Cl.Cl. The number of rotatable bonds is 8. The van der Waals surface area contributed by atoms with Crippen LogP contribution in [0.3, 0.4) is 0 Å². The zero-order valence-electron chi connectivity index (χ0n) is 14.6. The standard InChI is InChI=1S/C17H25ClN4.3ClH/c1-17(2,14-4-6-15(18)7-5-14)21-10-3-11-22-12-16(8-9-19)20-13-22;;;/h4-7,12-13,21H,3,8-11,19H2,1-2H3;3*1H.